The summed E-state index contributed by atoms with van der Waals surface area (Å²) in [5, 5.41) is 12.2. The van der Waals surface area contributed by atoms with E-state index in [2.05, 4.69) is 17.4 Å². The molecule has 8 heteroatoms. The minimum Gasteiger partial charge on any atom is -0.444 e. The van der Waals surface area contributed by atoms with Crippen molar-refractivity contribution in [2.24, 2.45) is 0 Å². The molecule has 1 aromatic rings. The maximum Gasteiger partial charge on any atom is 0.494 e. The molecule has 0 aromatic heterocycles. The minimum atomic E-state index is -0.585. The third kappa shape index (κ3) is 6.01. The average molecular weight is 433 g/mol. The summed E-state index contributed by atoms with van der Waals surface area (Å²) in [6, 6.07) is 7.79. The van der Waals surface area contributed by atoms with E-state index in [4.69, 9.17) is 18.8 Å². The molecule has 3 rings (SSSR count). The summed E-state index contributed by atoms with van der Waals surface area (Å²) in [5.41, 5.74) is 0.900. The van der Waals surface area contributed by atoms with Crippen molar-refractivity contribution in [3.8, 4) is 0 Å². The molecular weight excluding hydrogens is 397 g/mol. The summed E-state index contributed by atoms with van der Waals surface area (Å²) in [6.07, 6.45) is 0.443. The summed E-state index contributed by atoms with van der Waals surface area (Å²) in [6.45, 7) is 13.6. The second kappa shape index (κ2) is 8.73. The SMILES string of the molecule is CC(C)(C)OC(=O)NC(CO)CO[C@@H]1CC1c1ccc(B2OC(C)(C)C(C)(C)O2)cc1. The van der Waals surface area contributed by atoms with Crippen molar-refractivity contribution in [1.29, 1.82) is 0 Å². The van der Waals surface area contributed by atoms with Crippen molar-refractivity contribution < 1.29 is 28.7 Å². The monoisotopic (exact) mass is 433 g/mol. The van der Waals surface area contributed by atoms with Gasteiger partial charge in [0.1, 0.15) is 5.60 Å². The van der Waals surface area contributed by atoms with Crippen LogP contribution < -0.4 is 10.8 Å². The van der Waals surface area contributed by atoms with Crippen LogP contribution in [0.15, 0.2) is 24.3 Å². The molecule has 172 valence electrons. The predicted molar refractivity (Wildman–Crippen MR) is 119 cm³/mol. The summed E-state index contributed by atoms with van der Waals surface area (Å²) in [4.78, 5) is 11.9. The van der Waals surface area contributed by atoms with Crippen LogP contribution in [0.25, 0.3) is 0 Å². The number of carbonyl (C=O) groups is 1. The Morgan fingerprint density at radius 3 is 2.29 bits per heavy atom. The lowest BCUT2D eigenvalue weighted by molar-refractivity contribution is 0.00578. The number of ether oxygens (including phenoxy) is 2. The number of carbonyl (C=O) groups excluding carboxylic acids is 1. The van der Waals surface area contributed by atoms with E-state index in [-0.39, 0.29) is 37.6 Å². The molecule has 2 N–H and O–H groups in total. The zero-order chi connectivity index (χ0) is 23.0. The fourth-order valence-electron chi connectivity index (χ4n) is 3.44. The highest BCUT2D eigenvalue weighted by molar-refractivity contribution is 6.62. The highest BCUT2D eigenvalue weighted by Crippen LogP contribution is 2.43. The average Bonchev–Trinajstić information content (AvgIpc) is 3.38. The molecule has 31 heavy (non-hydrogen) atoms. The quantitative estimate of drug-likeness (QED) is 0.644. The largest absolute Gasteiger partial charge is 0.494 e. The van der Waals surface area contributed by atoms with Gasteiger partial charge in [0.05, 0.1) is 36.6 Å². The molecule has 2 aliphatic rings. The molecule has 2 fully saturated rings. The standard InChI is InChI=1S/C23H36BNO6/c1-21(2,3)29-20(27)25-17(13-26)14-28-19-12-18(19)15-8-10-16(11-9-15)24-30-22(4,5)23(6,7)31-24/h8-11,17-19,26H,12-14H2,1-7H3,(H,25,27)/t17?,18?,19-/m1/s1. The summed E-state index contributed by atoms with van der Waals surface area (Å²) in [7, 11) is -0.366. The van der Waals surface area contributed by atoms with Crippen LogP contribution in [0, 0.1) is 0 Å². The Balaban J connectivity index is 1.48. The van der Waals surface area contributed by atoms with Gasteiger partial charge in [0.25, 0.3) is 0 Å². The van der Waals surface area contributed by atoms with E-state index < -0.39 is 17.7 Å². The van der Waals surface area contributed by atoms with Gasteiger partial charge in [-0.15, -0.1) is 0 Å². The lowest BCUT2D eigenvalue weighted by atomic mass is 9.78. The van der Waals surface area contributed by atoms with Crippen molar-refractivity contribution in [2.75, 3.05) is 13.2 Å². The molecule has 0 radical (unpaired) electrons. The van der Waals surface area contributed by atoms with E-state index in [1.54, 1.807) is 20.8 Å². The van der Waals surface area contributed by atoms with Gasteiger partial charge in [-0.1, -0.05) is 24.3 Å². The number of hydrogen-bond acceptors (Lipinski definition) is 6. The van der Waals surface area contributed by atoms with Gasteiger partial charge in [0, 0.05) is 5.92 Å². The molecule has 3 atom stereocenters. The normalized spacial score (nSPS) is 25.2. The first-order valence-electron chi connectivity index (χ1n) is 11.0. The van der Waals surface area contributed by atoms with Gasteiger partial charge in [0.15, 0.2) is 0 Å². The fourth-order valence-corrected chi connectivity index (χ4v) is 3.44. The van der Waals surface area contributed by atoms with Gasteiger partial charge >= 0.3 is 13.2 Å². The minimum absolute atomic E-state index is 0.0807. The molecule has 1 saturated heterocycles. The first-order chi connectivity index (χ1) is 14.3. The zero-order valence-electron chi connectivity index (χ0n) is 19.7. The Morgan fingerprint density at radius 1 is 1.19 bits per heavy atom. The van der Waals surface area contributed by atoms with Crippen LogP contribution in [0.2, 0.25) is 0 Å². The Morgan fingerprint density at radius 2 is 1.77 bits per heavy atom. The van der Waals surface area contributed by atoms with Crippen molar-refractivity contribution in [3.63, 3.8) is 0 Å². The third-order valence-electron chi connectivity index (χ3n) is 6.07. The number of amides is 1. The molecule has 1 aliphatic carbocycles. The molecule has 7 nitrogen and oxygen atoms in total. The molecule has 2 unspecified atom stereocenters. The first kappa shape index (κ1) is 24.0. The second-order valence-electron chi connectivity index (χ2n) is 10.5. The van der Waals surface area contributed by atoms with E-state index in [1.165, 1.54) is 5.56 Å². The summed E-state index contributed by atoms with van der Waals surface area (Å²) < 4.78 is 23.4. The van der Waals surface area contributed by atoms with Crippen LogP contribution >= 0.6 is 0 Å². The third-order valence-corrected chi connectivity index (χ3v) is 6.07. The molecule has 1 saturated carbocycles. The van der Waals surface area contributed by atoms with E-state index >= 15 is 0 Å². The number of aliphatic hydroxyl groups is 1. The molecule has 1 amide bonds. The molecular formula is C23H36BNO6. The maximum atomic E-state index is 11.9. The van der Waals surface area contributed by atoms with Crippen molar-refractivity contribution in [2.45, 2.75) is 89.8 Å². The number of benzene rings is 1. The van der Waals surface area contributed by atoms with E-state index in [0.717, 1.165) is 11.9 Å². The van der Waals surface area contributed by atoms with Crippen LogP contribution in [0.5, 0.6) is 0 Å². The fraction of sp³-hybridized carbons (Fsp3) is 0.696. The van der Waals surface area contributed by atoms with Crippen LogP contribution in [-0.4, -0.2) is 60.5 Å². The predicted octanol–water partition coefficient (Wildman–Crippen LogP) is 2.74. The van der Waals surface area contributed by atoms with Crippen LogP contribution in [0.1, 0.15) is 66.4 Å². The van der Waals surface area contributed by atoms with Gasteiger partial charge in [-0.25, -0.2) is 4.79 Å². The highest BCUT2D eigenvalue weighted by atomic mass is 16.7. The van der Waals surface area contributed by atoms with Crippen LogP contribution in [-0.2, 0) is 18.8 Å². The van der Waals surface area contributed by atoms with Crippen LogP contribution in [0.4, 0.5) is 4.79 Å². The number of rotatable bonds is 7. The van der Waals surface area contributed by atoms with Crippen molar-refractivity contribution in [3.05, 3.63) is 29.8 Å². The number of hydrogen-bond donors (Lipinski definition) is 2. The van der Waals surface area contributed by atoms with E-state index in [0.29, 0.717) is 5.92 Å². The van der Waals surface area contributed by atoms with Gasteiger partial charge < -0.3 is 29.2 Å². The van der Waals surface area contributed by atoms with Crippen molar-refractivity contribution in [1.82, 2.24) is 5.32 Å². The second-order valence-corrected chi connectivity index (χ2v) is 10.5. The summed E-state index contributed by atoms with van der Waals surface area (Å²) in [5.74, 6) is 0.313. The smallest absolute Gasteiger partial charge is 0.444 e. The molecule has 1 heterocycles. The van der Waals surface area contributed by atoms with E-state index in [9.17, 15) is 9.90 Å². The topological polar surface area (TPSA) is 86.3 Å². The Hall–Kier alpha value is -1.61. The summed E-state index contributed by atoms with van der Waals surface area (Å²) >= 11 is 0. The van der Waals surface area contributed by atoms with Crippen LogP contribution in [0.3, 0.4) is 0 Å². The maximum absolute atomic E-state index is 11.9. The number of aliphatic hydroxyl groups excluding tert-OH is 1. The van der Waals surface area contributed by atoms with Gasteiger partial charge in [-0.05, 0) is 65.9 Å². The lowest BCUT2D eigenvalue weighted by Crippen LogP contribution is -2.43. The molecule has 0 bridgehead atoms. The van der Waals surface area contributed by atoms with E-state index in [1.807, 2.05) is 39.8 Å². The van der Waals surface area contributed by atoms with Crippen molar-refractivity contribution >= 4 is 18.7 Å². The van der Waals surface area contributed by atoms with Gasteiger partial charge in [0.2, 0.25) is 0 Å². The number of nitrogens with one attached hydrogen (secondary N) is 1. The van der Waals surface area contributed by atoms with Gasteiger partial charge in [-0.3, -0.25) is 0 Å². The first-order valence-corrected chi connectivity index (χ1v) is 11.0. The Bertz CT molecular complexity index is 757. The highest BCUT2D eigenvalue weighted by Gasteiger charge is 2.51. The Labute approximate surface area is 185 Å². The zero-order valence-corrected chi connectivity index (χ0v) is 19.7. The van der Waals surface area contributed by atoms with Gasteiger partial charge in [-0.2, -0.15) is 0 Å². The molecule has 1 aromatic carbocycles. The number of alkyl carbamates (subject to hydrolysis) is 1. The lowest BCUT2D eigenvalue weighted by Gasteiger charge is -2.32. The molecule has 1 aliphatic heterocycles. The Kier molecular flexibility index (Phi) is 6.77. The molecule has 0 spiro atoms.